The summed E-state index contributed by atoms with van der Waals surface area (Å²) in [6.45, 7) is 4.37. The number of nitrogens with one attached hydrogen (secondary N) is 1. The van der Waals surface area contributed by atoms with Gasteiger partial charge in [-0.1, -0.05) is 41.1 Å². The Morgan fingerprint density at radius 3 is 2.85 bits per heavy atom. The summed E-state index contributed by atoms with van der Waals surface area (Å²) >= 11 is 0. The van der Waals surface area contributed by atoms with Gasteiger partial charge in [-0.3, -0.25) is 9.59 Å². The minimum atomic E-state index is -0.405. The molecule has 0 radical (unpaired) electrons. The van der Waals surface area contributed by atoms with Gasteiger partial charge in [0.05, 0.1) is 0 Å². The van der Waals surface area contributed by atoms with Crippen molar-refractivity contribution in [3.63, 3.8) is 0 Å². The molecule has 140 valence electrons. The second-order valence-corrected chi connectivity index (χ2v) is 6.59. The third-order valence-corrected chi connectivity index (χ3v) is 4.48. The van der Waals surface area contributed by atoms with Crippen molar-refractivity contribution in [1.29, 1.82) is 0 Å². The number of carbonyl (C=O) groups excluding carboxylic acids is 2. The van der Waals surface area contributed by atoms with Gasteiger partial charge in [-0.2, -0.15) is 0 Å². The number of hydrogen-bond donors (Lipinski definition) is 1. The topological polar surface area (TPSA) is 71.0 Å². The second-order valence-electron chi connectivity index (χ2n) is 6.59. The molecule has 0 spiro atoms. The van der Waals surface area contributed by atoms with E-state index in [0.29, 0.717) is 6.54 Å². The summed E-state index contributed by atoms with van der Waals surface area (Å²) in [7, 11) is 0. The minimum absolute atomic E-state index is 0.172. The maximum Gasteiger partial charge on any atom is 0.270 e. The van der Waals surface area contributed by atoms with Gasteiger partial charge in [-0.05, 0) is 49.9 Å². The van der Waals surface area contributed by atoms with Gasteiger partial charge in [-0.25, -0.2) is 0 Å². The summed E-state index contributed by atoms with van der Waals surface area (Å²) < 4.78 is 0. The molecule has 1 aliphatic rings. The normalized spacial score (nSPS) is 13.3. The van der Waals surface area contributed by atoms with Crippen LogP contribution in [0.3, 0.4) is 0 Å². The molecule has 1 N–H and O–H groups in total. The first-order valence-corrected chi connectivity index (χ1v) is 8.96. The zero-order valence-electron chi connectivity index (χ0n) is 15.6. The third-order valence-electron chi connectivity index (χ3n) is 4.48. The number of amides is 2. The number of para-hydroxylation sites is 1. The molecule has 6 heteroatoms. The quantitative estimate of drug-likeness (QED) is 0.653. The van der Waals surface area contributed by atoms with Crippen molar-refractivity contribution in [2.24, 2.45) is 5.16 Å². The number of nitrogens with zero attached hydrogens (tertiary/aromatic N) is 2. The Bertz CT molecular complexity index is 877. The van der Waals surface area contributed by atoms with Gasteiger partial charge in [0.1, 0.15) is 6.21 Å². The number of anilines is 2. The molecule has 1 aliphatic heterocycles. The number of oxime groups is 1. The van der Waals surface area contributed by atoms with E-state index in [-0.39, 0.29) is 12.5 Å². The molecule has 27 heavy (non-hydrogen) atoms. The van der Waals surface area contributed by atoms with Gasteiger partial charge in [0, 0.05) is 17.9 Å². The van der Waals surface area contributed by atoms with Crippen LogP contribution in [0.1, 0.15) is 23.1 Å². The molecule has 0 fully saturated rings. The van der Waals surface area contributed by atoms with E-state index in [1.165, 1.54) is 0 Å². The summed E-state index contributed by atoms with van der Waals surface area (Å²) in [4.78, 5) is 31.1. The second kappa shape index (κ2) is 8.49. The monoisotopic (exact) mass is 365 g/mol. The highest BCUT2D eigenvalue weighted by Gasteiger charge is 2.22. The molecule has 2 aromatic rings. The van der Waals surface area contributed by atoms with Crippen molar-refractivity contribution < 1.29 is 14.4 Å². The number of benzene rings is 2. The lowest BCUT2D eigenvalue weighted by molar-refractivity contribution is -0.123. The molecular weight excluding hydrogens is 342 g/mol. The van der Waals surface area contributed by atoms with Gasteiger partial charge in [0.2, 0.25) is 0 Å². The predicted octanol–water partition coefficient (Wildman–Crippen LogP) is 3.22. The molecule has 3 rings (SSSR count). The predicted molar refractivity (Wildman–Crippen MR) is 106 cm³/mol. The Morgan fingerprint density at radius 2 is 2.04 bits per heavy atom. The van der Waals surface area contributed by atoms with Gasteiger partial charge < -0.3 is 15.1 Å². The largest absolute Gasteiger partial charge is 0.385 e. The highest BCUT2D eigenvalue weighted by molar-refractivity contribution is 6.31. The molecule has 0 aliphatic carbocycles. The number of fused-ring (bicyclic) bond motifs is 1. The molecule has 6 nitrogen and oxygen atoms in total. The van der Waals surface area contributed by atoms with E-state index in [9.17, 15) is 9.59 Å². The maximum absolute atomic E-state index is 12.4. The van der Waals surface area contributed by atoms with E-state index < -0.39 is 5.91 Å². The molecule has 1 heterocycles. The summed E-state index contributed by atoms with van der Waals surface area (Å²) in [5.41, 5.74) is 4.90. The van der Waals surface area contributed by atoms with Gasteiger partial charge in [0.25, 0.3) is 11.8 Å². The zero-order chi connectivity index (χ0) is 19.2. The van der Waals surface area contributed by atoms with E-state index in [2.05, 4.69) is 10.5 Å². The van der Waals surface area contributed by atoms with Crippen LogP contribution >= 0.6 is 0 Å². The zero-order valence-corrected chi connectivity index (χ0v) is 15.6. The average molecular weight is 365 g/mol. The van der Waals surface area contributed by atoms with E-state index in [1.807, 2.05) is 56.3 Å². The third kappa shape index (κ3) is 4.73. The minimum Gasteiger partial charge on any atom is -0.385 e. The van der Waals surface area contributed by atoms with Crippen molar-refractivity contribution in [1.82, 2.24) is 0 Å². The molecule has 2 aromatic carbocycles. The van der Waals surface area contributed by atoms with E-state index in [4.69, 9.17) is 4.84 Å². The fourth-order valence-corrected chi connectivity index (χ4v) is 3.17. The summed E-state index contributed by atoms with van der Waals surface area (Å²) in [6.07, 6.45) is 2.93. The lowest BCUT2D eigenvalue weighted by Crippen LogP contribution is -2.37. The summed E-state index contributed by atoms with van der Waals surface area (Å²) in [5, 5.41) is 6.36. The fraction of sp³-hybridized carbons (Fsp3) is 0.286. The van der Waals surface area contributed by atoms with Crippen LogP contribution in [0, 0.1) is 13.8 Å². The Kier molecular flexibility index (Phi) is 5.86. The van der Waals surface area contributed by atoms with Crippen LogP contribution in [-0.4, -0.2) is 31.2 Å². The molecule has 2 amide bonds. The molecular formula is C21H23N3O3. The van der Waals surface area contributed by atoms with Gasteiger partial charge >= 0.3 is 0 Å². The van der Waals surface area contributed by atoms with Crippen LogP contribution in [0.25, 0.3) is 0 Å². The lowest BCUT2D eigenvalue weighted by atomic mass is 10.0. The number of carbonyl (C=O) groups is 2. The highest BCUT2D eigenvalue weighted by atomic mass is 16.6. The van der Waals surface area contributed by atoms with Crippen LogP contribution in [0.2, 0.25) is 0 Å². The number of rotatable bonds is 5. The standard InChI is InChI=1S/C21H23N3O3/c1-15-9-10-18(16(2)12-15)23-20(25)13-22-27-14-21(26)24-11-5-7-17-6-3-4-8-19(17)24/h3-4,6,8-10,12-13H,5,7,11,14H2,1-2H3,(H,23,25)/b22-13-. The van der Waals surface area contributed by atoms with Crippen LogP contribution in [0.5, 0.6) is 0 Å². The summed E-state index contributed by atoms with van der Waals surface area (Å²) in [6, 6.07) is 13.6. The Morgan fingerprint density at radius 1 is 1.22 bits per heavy atom. The van der Waals surface area contributed by atoms with Crippen molar-refractivity contribution >= 4 is 29.4 Å². The number of aryl methyl sites for hydroxylation is 3. The first-order chi connectivity index (χ1) is 13.0. The van der Waals surface area contributed by atoms with Crippen LogP contribution in [0.15, 0.2) is 47.6 Å². The molecule has 0 bridgehead atoms. The Hall–Kier alpha value is -3.15. The van der Waals surface area contributed by atoms with E-state index in [0.717, 1.165) is 47.1 Å². The fourth-order valence-electron chi connectivity index (χ4n) is 3.17. The summed E-state index contributed by atoms with van der Waals surface area (Å²) in [5.74, 6) is -0.577. The Balaban J connectivity index is 1.51. The van der Waals surface area contributed by atoms with Crippen LogP contribution in [-0.2, 0) is 20.8 Å². The first-order valence-electron chi connectivity index (χ1n) is 8.96. The molecule has 0 atom stereocenters. The van der Waals surface area contributed by atoms with Crippen LogP contribution < -0.4 is 10.2 Å². The molecule has 0 unspecified atom stereocenters. The van der Waals surface area contributed by atoms with Crippen molar-refractivity contribution in [2.45, 2.75) is 26.7 Å². The van der Waals surface area contributed by atoms with E-state index >= 15 is 0 Å². The van der Waals surface area contributed by atoms with Crippen molar-refractivity contribution in [3.8, 4) is 0 Å². The van der Waals surface area contributed by atoms with Gasteiger partial charge in [-0.15, -0.1) is 0 Å². The maximum atomic E-state index is 12.4. The molecule has 0 saturated heterocycles. The van der Waals surface area contributed by atoms with E-state index in [1.54, 1.807) is 4.90 Å². The first kappa shape index (κ1) is 18.6. The molecule has 0 saturated carbocycles. The SMILES string of the molecule is Cc1ccc(NC(=O)/C=N\OCC(=O)N2CCCc3ccccc32)c(C)c1. The van der Waals surface area contributed by atoms with Gasteiger partial charge in [0.15, 0.2) is 6.61 Å². The average Bonchev–Trinajstić information content (AvgIpc) is 2.67. The lowest BCUT2D eigenvalue weighted by Gasteiger charge is -2.28. The van der Waals surface area contributed by atoms with Crippen LogP contribution in [0.4, 0.5) is 11.4 Å². The number of hydrogen-bond acceptors (Lipinski definition) is 4. The van der Waals surface area contributed by atoms with Crippen molar-refractivity contribution in [2.75, 3.05) is 23.4 Å². The van der Waals surface area contributed by atoms with Crippen molar-refractivity contribution in [3.05, 3.63) is 59.2 Å². The Labute approximate surface area is 158 Å². The smallest absolute Gasteiger partial charge is 0.270 e. The molecule has 0 aromatic heterocycles. The highest BCUT2D eigenvalue weighted by Crippen LogP contribution is 2.26.